The second kappa shape index (κ2) is 3.58. The number of phenols is 1. The highest BCUT2D eigenvalue weighted by molar-refractivity contribution is 6.32. The first kappa shape index (κ1) is 8.88. The Bertz CT molecular complexity index is 374. The van der Waals surface area contributed by atoms with Crippen molar-refractivity contribution in [2.24, 2.45) is 0 Å². The van der Waals surface area contributed by atoms with Gasteiger partial charge in [-0.05, 0) is 23.3 Å². The summed E-state index contributed by atoms with van der Waals surface area (Å²) in [4.78, 5) is 0. The zero-order chi connectivity index (χ0) is 9.97. The third-order valence-corrected chi connectivity index (χ3v) is 2.11. The van der Waals surface area contributed by atoms with E-state index in [4.69, 9.17) is 13.0 Å². The molecule has 0 atom stereocenters. The molecule has 0 amide bonds. The fraction of sp³-hybridized carbons (Fsp3) is 0. The minimum absolute atomic E-state index is 0.282. The van der Waals surface area contributed by atoms with Crippen molar-refractivity contribution in [1.82, 2.24) is 0 Å². The largest absolute Gasteiger partial charge is 0.508 e. The molecule has 0 aromatic heterocycles. The van der Waals surface area contributed by atoms with E-state index in [1.165, 1.54) is 0 Å². The van der Waals surface area contributed by atoms with Crippen molar-refractivity contribution in [3.05, 3.63) is 48.5 Å². The normalized spacial score (nSPS) is 10.0. The molecule has 0 aliphatic rings. The summed E-state index contributed by atoms with van der Waals surface area (Å²) in [5.41, 5.74) is 2.93. The smallest absolute Gasteiger partial charge is 0.115 e. The Morgan fingerprint density at radius 3 is 1.64 bits per heavy atom. The maximum Gasteiger partial charge on any atom is 0.115 e. The predicted molar refractivity (Wildman–Crippen MR) is 58.9 cm³/mol. The van der Waals surface area contributed by atoms with Crippen LogP contribution in [0.1, 0.15) is 0 Å². The first-order chi connectivity index (χ1) is 6.75. The Labute approximate surface area is 84.4 Å². The molecule has 66 valence electrons. The van der Waals surface area contributed by atoms with Crippen molar-refractivity contribution in [3.8, 4) is 16.9 Å². The van der Waals surface area contributed by atoms with Crippen LogP contribution in [0.2, 0.25) is 0 Å². The molecule has 2 radical (unpaired) electrons. The number of aromatic hydroxyl groups is 1. The van der Waals surface area contributed by atoms with E-state index in [0.717, 1.165) is 16.6 Å². The van der Waals surface area contributed by atoms with E-state index in [9.17, 15) is 0 Å². The van der Waals surface area contributed by atoms with Crippen molar-refractivity contribution in [2.75, 3.05) is 0 Å². The topological polar surface area (TPSA) is 20.2 Å². The number of rotatable bonds is 1. The molecule has 2 rings (SSSR count). The van der Waals surface area contributed by atoms with Crippen molar-refractivity contribution in [1.29, 1.82) is 0 Å². The highest BCUT2D eigenvalue weighted by Gasteiger charge is 1.96. The van der Waals surface area contributed by atoms with Gasteiger partial charge in [0.15, 0.2) is 0 Å². The molecule has 14 heavy (non-hydrogen) atoms. The Balaban J connectivity index is 2.40. The van der Waals surface area contributed by atoms with Gasteiger partial charge in [0.2, 0.25) is 0 Å². The monoisotopic (exact) mass is 180 g/mol. The summed E-state index contributed by atoms with van der Waals surface area (Å²) in [6.07, 6.45) is 0. The van der Waals surface area contributed by atoms with Gasteiger partial charge in [0.25, 0.3) is 0 Å². The molecule has 0 heterocycles. The lowest BCUT2D eigenvalue weighted by atomic mass is 9.94. The second-order valence-corrected chi connectivity index (χ2v) is 3.17. The molecule has 0 aliphatic carbocycles. The van der Waals surface area contributed by atoms with Crippen LogP contribution in [-0.2, 0) is 0 Å². The summed E-state index contributed by atoms with van der Waals surface area (Å²) in [5.74, 6) is 0.282. The summed E-state index contributed by atoms with van der Waals surface area (Å²) in [6, 6.07) is 14.7. The lowest BCUT2D eigenvalue weighted by Crippen LogP contribution is -1.98. The molecule has 0 unspecified atom stereocenters. The van der Waals surface area contributed by atoms with Crippen LogP contribution in [0.3, 0.4) is 0 Å². The van der Waals surface area contributed by atoms with Gasteiger partial charge < -0.3 is 5.11 Å². The van der Waals surface area contributed by atoms with Gasteiger partial charge in [-0.3, -0.25) is 0 Å². The number of benzene rings is 2. The van der Waals surface area contributed by atoms with Crippen LogP contribution < -0.4 is 5.46 Å². The lowest BCUT2D eigenvalue weighted by Gasteiger charge is -2.02. The van der Waals surface area contributed by atoms with Gasteiger partial charge in [-0.15, -0.1) is 0 Å². The van der Waals surface area contributed by atoms with E-state index in [1.807, 2.05) is 36.4 Å². The second-order valence-electron chi connectivity index (χ2n) is 3.17. The van der Waals surface area contributed by atoms with E-state index >= 15 is 0 Å². The van der Waals surface area contributed by atoms with Crippen molar-refractivity contribution >= 4 is 13.3 Å². The van der Waals surface area contributed by atoms with Crippen molar-refractivity contribution < 1.29 is 5.11 Å². The average molecular weight is 180 g/mol. The van der Waals surface area contributed by atoms with Crippen LogP contribution in [0.25, 0.3) is 11.1 Å². The quantitative estimate of drug-likeness (QED) is 0.664. The number of hydrogen-bond acceptors (Lipinski definition) is 1. The molecule has 0 saturated heterocycles. The summed E-state index contributed by atoms with van der Waals surface area (Å²) in [5, 5.41) is 9.13. The standard InChI is InChI=1S/C12H9BO/c13-11-5-1-9(2-6-11)10-3-7-12(14)8-4-10/h1-8,14H. The highest BCUT2D eigenvalue weighted by atomic mass is 16.3. The van der Waals surface area contributed by atoms with E-state index in [2.05, 4.69) is 0 Å². The highest BCUT2D eigenvalue weighted by Crippen LogP contribution is 2.20. The molecular formula is C12H9BO. The fourth-order valence-electron chi connectivity index (χ4n) is 1.33. The maximum absolute atomic E-state index is 9.13. The predicted octanol–water partition coefficient (Wildman–Crippen LogP) is 1.85. The van der Waals surface area contributed by atoms with E-state index in [0.29, 0.717) is 0 Å². The maximum atomic E-state index is 9.13. The van der Waals surface area contributed by atoms with E-state index in [1.54, 1.807) is 12.1 Å². The minimum atomic E-state index is 0.282. The van der Waals surface area contributed by atoms with Crippen LogP contribution in [0.15, 0.2) is 48.5 Å². The zero-order valence-electron chi connectivity index (χ0n) is 7.64. The lowest BCUT2D eigenvalue weighted by molar-refractivity contribution is 0.475. The number of phenolic OH excluding ortho intramolecular Hbond substituents is 1. The molecule has 1 N–H and O–H groups in total. The van der Waals surface area contributed by atoms with E-state index in [-0.39, 0.29) is 5.75 Å². The molecule has 0 saturated carbocycles. The Morgan fingerprint density at radius 2 is 1.14 bits per heavy atom. The zero-order valence-corrected chi connectivity index (χ0v) is 7.64. The first-order valence-electron chi connectivity index (χ1n) is 4.41. The van der Waals surface area contributed by atoms with Gasteiger partial charge in [-0.2, -0.15) is 0 Å². The third kappa shape index (κ3) is 1.79. The van der Waals surface area contributed by atoms with Gasteiger partial charge in [-0.1, -0.05) is 41.9 Å². The van der Waals surface area contributed by atoms with Gasteiger partial charge in [-0.25, -0.2) is 0 Å². The molecule has 0 spiro atoms. The molecule has 2 heteroatoms. The summed E-state index contributed by atoms with van der Waals surface area (Å²) < 4.78 is 0. The van der Waals surface area contributed by atoms with E-state index < -0.39 is 0 Å². The summed E-state index contributed by atoms with van der Waals surface area (Å²) in [7, 11) is 5.59. The molecule has 0 bridgehead atoms. The summed E-state index contributed by atoms with van der Waals surface area (Å²) in [6.45, 7) is 0. The molecule has 2 aromatic rings. The van der Waals surface area contributed by atoms with Crippen molar-refractivity contribution in [2.45, 2.75) is 0 Å². The number of hydrogen-bond donors (Lipinski definition) is 1. The SMILES string of the molecule is [B]c1ccc(-c2ccc(O)cc2)cc1. The Hall–Kier alpha value is -1.70. The van der Waals surface area contributed by atoms with Crippen LogP contribution >= 0.6 is 0 Å². The van der Waals surface area contributed by atoms with Gasteiger partial charge >= 0.3 is 0 Å². The third-order valence-electron chi connectivity index (χ3n) is 2.11. The fourth-order valence-corrected chi connectivity index (χ4v) is 1.33. The van der Waals surface area contributed by atoms with Gasteiger partial charge in [0, 0.05) is 0 Å². The minimum Gasteiger partial charge on any atom is -0.508 e. The average Bonchev–Trinajstić information content (AvgIpc) is 2.21. The molecular weight excluding hydrogens is 171 g/mol. The molecule has 0 fully saturated rings. The van der Waals surface area contributed by atoms with Crippen LogP contribution in [0.5, 0.6) is 5.75 Å². The van der Waals surface area contributed by atoms with Gasteiger partial charge in [0.05, 0.1) is 0 Å². The first-order valence-corrected chi connectivity index (χ1v) is 4.41. The van der Waals surface area contributed by atoms with Crippen molar-refractivity contribution in [3.63, 3.8) is 0 Å². The van der Waals surface area contributed by atoms with Crippen LogP contribution in [0.4, 0.5) is 0 Å². The molecule has 1 nitrogen and oxygen atoms in total. The Morgan fingerprint density at radius 1 is 0.714 bits per heavy atom. The molecule has 2 aromatic carbocycles. The van der Waals surface area contributed by atoms with Gasteiger partial charge in [0.1, 0.15) is 13.6 Å². The van der Waals surface area contributed by atoms with Crippen LogP contribution in [0, 0.1) is 0 Å². The molecule has 0 aliphatic heterocycles. The summed E-state index contributed by atoms with van der Waals surface area (Å²) >= 11 is 0. The Kier molecular flexibility index (Phi) is 2.27. The van der Waals surface area contributed by atoms with Crippen LogP contribution in [-0.4, -0.2) is 13.0 Å².